The molecule has 0 aromatic carbocycles. The summed E-state index contributed by atoms with van der Waals surface area (Å²) in [5.41, 5.74) is -2.50. The van der Waals surface area contributed by atoms with Gasteiger partial charge in [-0.2, -0.15) is 0 Å². The minimum absolute atomic E-state index is 0. The first-order valence-electron chi connectivity index (χ1n) is 5.11. The van der Waals surface area contributed by atoms with E-state index in [2.05, 4.69) is 0 Å². The molecular formula is C9H11N2NaO7. The third kappa shape index (κ3) is 3.08. The number of aromatic nitrogens is 2. The van der Waals surface area contributed by atoms with Crippen molar-refractivity contribution >= 4 is 0 Å². The molecule has 0 spiro atoms. The van der Waals surface area contributed by atoms with Crippen molar-refractivity contribution in [3.8, 4) is 5.88 Å². The van der Waals surface area contributed by atoms with Crippen molar-refractivity contribution in [2.75, 3.05) is 6.61 Å². The maximum atomic E-state index is 11.5. The molecule has 10 heteroatoms. The van der Waals surface area contributed by atoms with Crippen LogP contribution < -0.4 is 45.9 Å². The largest absolute Gasteiger partial charge is 1.00 e. The van der Waals surface area contributed by atoms with E-state index in [1.807, 2.05) is 9.97 Å². The summed E-state index contributed by atoms with van der Waals surface area (Å²) in [5.74, 6) is -1.00. The molecule has 0 amide bonds. The zero-order valence-corrected chi connectivity index (χ0v) is 12.0. The zero-order valence-electron chi connectivity index (χ0n) is 9.99. The van der Waals surface area contributed by atoms with Crippen LogP contribution in [0.5, 0.6) is 5.88 Å². The van der Waals surface area contributed by atoms with Crippen LogP contribution in [0, 0.1) is 0 Å². The fourth-order valence-electron chi connectivity index (χ4n) is 1.79. The van der Waals surface area contributed by atoms with Crippen LogP contribution in [-0.4, -0.2) is 50.2 Å². The summed E-state index contributed by atoms with van der Waals surface area (Å²) in [6, 6.07) is 0. The quantitative estimate of drug-likeness (QED) is 0.320. The summed E-state index contributed by atoms with van der Waals surface area (Å²) in [6.07, 6.45) is -5.91. The standard InChI is InChI=1S/C9H12N2O7.Na/c12-2-1-18-6(5(14)4(2)13)3-7(15)10-9(17)11-8(3)16;/h2,4-6,12-14H,1H2,(H3,10,11,15,16,17);/q;+1/p-1/t2-,4+,5-,6+;/m1./s1. The van der Waals surface area contributed by atoms with Gasteiger partial charge in [0.1, 0.15) is 24.4 Å². The number of aliphatic hydroxyl groups excluding tert-OH is 3. The number of aromatic amines is 2. The Morgan fingerprint density at radius 1 is 1.16 bits per heavy atom. The summed E-state index contributed by atoms with van der Waals surface area (Å²) in [5, 5.41) is 39.8. The first-order valence-corrected chi connectivity index (χ1v) is 5.11. The molecule has 1 aliphatic rings. The Morgan fingerprint density at radius 3 is 2.37 bits per heavy atom. The first kappa shape index (κ1) is 16.4. The van der Waals surface area contributed by atoms with Gasteiger partial charge in [-0.05, 0) is 5.88 Å². The smallest absolute Gasteiger partial charge is 0.860 e. The summed E-state index contributed by atoms with van der Waals surface area (Å²) >= 11 is 0. The van der Waals surface area contributed by atoms with Gasteiger partial charge in [-0.15, -0.1) is 0 Å². The Hall–Kier alpha value is -0.680. The minimum Gasteiger partial charge on any atom is -0.860 e. The molecular weight excluding hydrogens is 271 g/mol. The normalized spacial score (nSPS) is 30.7. The molecule has 2 heterocycles. The molecule has 1 aliphatic heterocycles. The van der Waals surface area contributed by atoms with Crippen LogP contribution in [0.1, 0.15) is 11.7 Å². The fraction of sp³-hybridized carbons (Fsp3) is 0.556. The number of aliphatic hydroxyl groups is 3. The third-order valence-electron chi connectivity index (χ3n) is 2.73. The van der Waals surface area contributed by atoms with E-state index in [9.17, 15) is 30.0 Å². The summed E-state index contributed by atoms with van der Waals surface area (Å²) in [4.78, 5) is 26.0. The zero-order chi connectivity index (χ0) is 13.4. The summed E-state index contributed by atoms with van der Waals surface area (Å²) < 4.78 is 4.96. The van der Waals surface area contributed by atoms with Gasteiger partial charge in [0, 0.05) is 0 Å². The Labute approximate surface area is 128 Å². The van der Waals surface area contributed by atoms with E-state index in [4.69, 9.17) is 4.74 Å². The van der Waals surface area contributed by atoms with Crippen LogP contribution in [0.15, 0.2) is 9.59 Å². The SMILES string of the molecule is O=c1[nH]c([O-])c([C@@H]2OC[C@@H](O)[C@H](O)[C@H]2O)c(=O)[nH]1.[Na+]. The molecule has 5 N–H and O–H groups in total. The van der Waals surface area contributed by atoms with E-state index in [-0.39, 0.29) is 36.2 Å². The Bertz CT molecular complexity index is 556. The predicted molar refractivity (Wildman–Crippen MR) is 53.8 cm³/mol. The molecule has 1 aromatic heterocycles. The summed E-state index contributed by atoms with van der Waals surface area (Å²) in [6.45, 7) is -0.346. The van der Waals surface area contributed by atoms with Crippen LogP contribution in [-0.2, 0) is 4.74 Å². The van der Waals surface area contributed by atoms with Crippen molar-refractivity contribution in [1.82, 2.24) is 9.97 Å². The number of H-pyrrole nitrogens is 2. The van der Waals surface area contributed by atoms with Crippen molar-refractivity contribution in [2.24, 2.45) is 0 Å². The fourth-order valence-corrected chi connectivity index (χ4v) is 1.79. The molecule has 0 radical (unpaired) electrons. The minimum atomic E-state index is -1.64. The van der Waals surface area contributed by atoms with Gasteiger partial charge < -0.3 is 30.1 Å². The number of hydrogen-bond acceptors (Lipinski definition) is 7. The molecule has 4 atom stereocenters. The predicted octanol–water partition coefficient (Wildman–Crippen LogP) is -6.71. The molecule has 1 aromatic rings. The van der Waals surface area contributed by atoms with E-state index in [1.165, 1.54) is 0 Å². The van der Waals surface area contributed by atoms with E-state index in [0.717, 1.165) is 0 Å². The maximum absolute atomic E-state index is 11.5. The maximum Gasteiger partial charge on any atom is 1.00 e. The molecule has 9 nitrogen and oxygen atoms in total. The molecule has 0 unspecified atom stereocenters. The van der Waals surface area contributed by atoms with Gasteiger partial charge in [-0.1, -0.05) is 0 Å². The van der Waals surface area contributed by atoms with Crippen LogP contribution in [0.25, 0.3) is 0 Å². The van der Waals surface area contributed by atoms with Gasteiger partial charge in [-0.3, -0.25) is 9.78 Å². The van der Waals surface area contributed by atoms with Gasteiger partial charge in [0.05, 0.1) is 12.2 Å². The van der Waals surface area contributed by atoms with Gasteiger partial charge in [0.2, 0.25) is 0 Å². The van der Waals surface area contributed by atoms with E-state index in [1.54, 1.807) is 0 Å². The van der Waals surface area contributed by atoms with E-state index in [0.29, 0.717) is 0 Å². The average molecular weight is 282 g/mol. The molecule has 100 valence electrons. The number of hydrogen-bond donors (Lipinski definition) is 5. The van der Waals surface area contributed by atoms with Crippen molar-refractivity contribution in [2.45, 2.75) is 24.4 Å². The summed E-state index contributed by atoms with van der Waals surface area (Å²) in [7, 11) is 0. The van der Waals surface area contributed by atoms with Gasteiger partial charge >= 0.3 is 35.2 Å². The van der Waals surface area contributed by atoms with Crippen LogP contribution >= 0.6 is 0 Å². The second-order valence-electron chi connectivity index (χ2n) is 3.95. The first-order chi connectivity index (χ1) is 8.41. The van der Waals surface area contributed by atoms with Crippen molar-refractivity contribution in [1.29, 1.82) is 0 Å². The second-order valence-corrected chi connectivity index (χ2v) is 3.95. The molecule has 1 fully saturated rings. The molecule has 1 saturated heterocycles. The topological polar surface area (TPSA) is 159 Å². The van der Waals surface area contributed by atoms with Gasteiger partial charge in [0.15, 0.2) is 0 Å². The number of ether oxygens (including phenoxy) is 1. The Balaban J connectivity index is 0.00000180. The molecule has 19 heavy (non-hydrogen) atoms. The molecule has 0 saturated carbocycles. The van der Waals surface area contributed by atoms with E-state index < -0.39 is 47.1 Å². The van der Waals surface area contributed by atoms with Crippen molar-refractivity contribution < 1.29 is 54.7 Å². The van der Waals surface area contributed by atoms with Gasteiger partial charge in [-0.25, -0.2) is 4.79 Å². The second kappa shape index (κ2) is 6.18. The number of rotatable bonds is 1. The van der Waals surface area contributed by atoms with Gasteiger partial charge in [0.25, 0.3) is 5.56 Å². The average Bonchev–Trinajstić information content (AvgIpc) is 2.28. The Morgan fingerprint density at radius 2 is 1.79 bits per heavy atom. The molecule has 2 rings (SSSR count). The monoisotopic (exact) mass is 282 g/mol. The van der Waals surface area contributed by atoms with Crippen LogP contribution in [0.3, 0.4) is 0 Å². The van der Waals surface area contributed by atoms with Crippen molar-refractivity contribution in [3.05, 3.63) is 26.4 Å². The van der Waals surface area contributed by atoms with Crippen molar-refractivity contribution in [3.63, 3.8) is 0 Å². The van der Waals surface area contributed by atoms with E-state index >= 15 is 0 Å². The molecule has 0 bridgehead atoms. The molecule has 0 aliphatic carbocycles. The Kier molecular flexibility index (Phi) is 5.33. The third-order valence-corrected chi connectivity index (χ3v) is 2.73. The van der Waals surface area contributed by atoms with Crippen LogP contribution in [0.2, 0.25) is 0 Å². The number of nitrogens with one attached hydrogen (secondary N) is 2. The van der Waals surface area contributed by atoms with Crippen LogP contribution in [0.4, 0.5) is 0 Å².